The van der Waals surface area contributed by atoms with Crippen LogP contribution in [-0.4, -0.2) is 28.8 Å². The molecule has 0 saturated heterocycles. The summed E-state index contributed by atoms with van der Waals surface area (Å²) in [6.07, 6.45) is 9.15. The zero-order valence-electron chi connectivity index (χ0n) is 21.4. The molecular weight excluding hydrogens is 492 g/mol. The Bertz CT molecular complexity index is 1610. The zero-order chi connectivity index (χ0) is 27.9. The summed E-state index contributed by atoms with van der Waals surface area (Å²) in [6.45, 7) is 3.96. The summed E-state index contributed by atoms with van der Waals surface area (Å²) >= 11 is 0. The van der Waals surface area contributed by atoms with Crippen LogP contribution >= 0.6 is 0 Å². The van der Waals surface area contributed by atoms with Crippen molar-refractivity contribution >= 4 is 41.2 Å². The number of rotatable bonds is 8. The van der Waals surface area contributed by atoms with Crippen LogP contribution in [0.4, 0.5) is 17.1 Å². The first kappa shape index (κ1) is 26.6. The number of aliphatic carboxylic acids is 1. The number of nitrogens with one attached hydrogen (secondary N) is 1. The van der Waals surface area contributed by atoms with Gasteiger partial charge in [-0.15, -0.1) is 0 Å². The first-order chi connectivity index (χ1) is 18.8. The lowest BCUT2D eigenvalue weighted by Gasteiger charge is -2.21. The molecule has 0 spiro atoms. The van der Waals surface area contributed by atoms with Gasteiger partial charge >= 0.3 is 5.97 Å². The van der Waals surface area contributed by atoms with Crippen LogP contribution in [0.5, 0.6) is 5.75 Å². The van der Waals surface area contributed by atoms with E-state index < -0.39 is 5.97 Å². The number of phenolic OH excluding ortho intramolecular Hbond substituents is 1. The fraction of sp³-hybridized carbons (Fsp3) is 0.0968. The highest BCUT2D eigenvalue weighted by Gasteiger charge is 2.16. The number of hydrogen-bond acceptors (Lipinski definition) is 6. The Kier molecular flexibility index (Phi) is 8.03. The van der Waals surface area contributed by atoms with Crippen LogP contribution in [0, 0.1) is 25.2 Å². The summed E-state index contributed by atoms with van der Waals surface area (Å²) < 4.78 is 0. The second-order valence-corrected chi connectivity index (χ2v) is 8.93. The Hall–Kier alpha value is -5.42. The minimum atomic E-state index is -1.06. The molecule has 3 aromatic rings. The van der Waals surface area contributed by atoms with E-state index in [0.717, 1.165) is 11.1 Å². The van der Waals surface area contributed by atoms with Gasteiger partial charge in [0.05, 0.1) is 34.8 Å². The van der Waals surface area contributed by atoms with Crippen molar-refractivity contribution in [3.05, 3.63) is 112 Å². The third kappa shape index (κ3) is 5.95. The van der Waals surface area contributed by atoms with Gasteiger partial charge in [-0.3, -0.25) is 15.1 Å². The first-order valence-corrected chi connectivity index (χ1v) is 12.1. The molecule has 0 aromatic heterocycles. The van der Waals surface area contributed by atoms with Crippen molar-refractivity contribution in [2.75, 3.05) is 10.3 Å². The number of amides is 1. The number of nitrogens with zero attached hydrogens (tertiary/aromatic N) is 3. The molecule has 0 heterocycles. The molecule has 3 aromatic carbocycles. The van der Waals surface area contributed by atoms with Crippen LogP contribution < -0.4 is 10.3 Å². The van der Waals surface area contributed by atoms with Gasteiger partial charge in [-0.1, -0.05) is 30.4 Å². The van der Waals surface area contributed by atoms with Crippen LogP contribution in [-0.2, 0) is 9.59 Å². The number of allylic oxidation sites excluding steroid dienone is 4. The lowest BCUT2D eigenvalue weighted by molar-refractivity contribution is -0.132. The Morgan fingerprint density at radius 1 is 1.13 bits per heavy atom. The summed E-state index contributed by atoms with van der Waals surface area (Å²) in [6, 6.07) is 17.8. The molecular formula is C31H26N4O4. The van der Waals surface area contributed by atoms with Crippen LogP contribution in [0.25, 0.3) is 5.57 Å². The normalized spacial score (nSPS) is 12.7. The largest absolute Gasteiger partial charge is 0.505 e. The van der Waals surface area contributed by atoms with Crippen molar-refractivity contribution in [1.29, 1.82) is 5.26 Å². The number of anilines is 3. The number of phenols is 1. The molecule has 0 bridgehead atoms. The Balaban J connectivity index is 1.66. The predicted octanol–water partition coefficient (Wildman–Crippen LogP) is 5.98. The molecule has 4 rings (SSSR count). The number of carbonyl (C=O) groups excluding carboxylic acids is 1. The number of aromatic hydroxyl groups is 1. The third-order valence-electron chi connectivity index (χ3n) is 6.39. The molecule has 0 saturated carbocycles. The molecule has 0 atom stereocenters. The number of carboxylic acid groups (broad SMARTS) is 1. The van der Waals surface area contributed by atoms with Crippen LogP contribution in [0.1, 0.15) is 34.2 Å². The number of hydrazone groups is 1. The maximum Gasteiger partial charge on any atom is 0.335 e. The standard InChI is InChI=1S/C31H26N4O4/c1-20-10-12-26(14-21(20)2)35(19-36)29-13-11-22(17-32)15-25(29)18-33-34-28-9-5-8-27(30(28)37)23-6-3-4-7-24(16-23)31(38)39/h3-5,7-16,18-19,34,37H,6H2,1-2H3,(H,38,39)/b33-18+. The molecule has 39 heavy (non-hydrogen) atoms. The Morgan fingerprint density at radius 3 is 2.67 bits per heavy atom. The quantitative estimate of drug-likeness (QED) is 0.146. The highest BCUT2D eigenvalue weighted by atomic mass is 16.4. The van der Waals surface area contributed by atoms with E-state index in [1.807, 2.05) is 38.1 Å². The van der Waals surface area contributed by atoms with E-state index in [1.165, 1.54) is 23.3 Å². The van der Waals surface area contributed by atoms with Gasteiger partial charge in [0.2, 0.25) is 6.41 Å². The minimum absolute atomic E-state index is 0.0865. The molecule has 1 aliphatic carbocycles. The van der Waals surface area contributed by atoms with Gasteiger partial charge in [0.25, 0.3) is 0 Å². The van der Waals surface area contributed by atoms with Crippen molar-refractivity contribution in [3.63, 3.8) is 0 Å². The molecule has 0 fully saturated rings. The van der Waals surface area contributed by atoms with E-state index in [-0.39, 0.29) is 11.3 Å². The highest BCUT2D eigenvalue weighted by Crippen LogP contribution is 2.36. The van der Waals surface area contributed by atoms with Gasteiger partial charge in [-0.2, -0.15) is 10.4 Å². The zero-order valence-corrected chi connectivity index (χ0v) is 21.4. The second kappa shape index (κ2) is 11.8. The fourth-order valence-corrected chi connectivity index (χ4v) is 4.13. The predicted molar refractivity (Wildman–Crippen MR) is 152 cm³/mol. The van der Waals surface area contributed by atoms with Crippen LogP contribution in [0.15, 0.2) is 89.6 Å². The summed E-state index contributed by atoms with van der Waals surface area (Å²) in [5.41, 5.74) is 8.59. The molecule has 0 unspecified atom stereocenters. The van der Waals surface area contributed by atoms with E-state index in [0.29, 0.717) is 52.2 Å². The maximum atomic E-state index is 12.1. The smallest absolute Gasteiger partial charge is 0.335 e. The molecule has 1 amide bonds. The molecule has 3 N–H and O–H groups in total. The highest BCUT2D eigenvalue weighted by molar-refractivity contribution is 5.97. The lowest BCUT2D eigenvalue weighted by atomic mass is 9.99. The number of hydrogen-bond donors (Lipinski definition) is 3. The van der Waals surface area contributed by atoms with Gasteiger partial charge in [0, 0.05) is 16.8 Å². The monoisotopic (exact) mass is 518 g/mol. The van der Waals surface area contributed by atoms with E-state index >= 15 is 0 Å². The average Bonchev–Trinajstić information content (AvgIpc) is 3.19. The average molecular weight is 519 g/mol. The summed E-state index contributed by atoms with van der Waals surface area (Å²) in [5.74, 6) is -1.14. The van der Waals surface area contributed by atoms with Gasteiger partial charge in [0.1, 0.15) is 5.75 Å². The number of carbonyl (C=O) groups is 2. The first-order valence-electron chi connectivity index (χ1n) is 12.1. The Labute approximate surface area is 226 Å². The fourth-order valence-electron chi connectivity index (χ4n) is 4.13. The van der Waals surface area contributed by atoms with Gasteiger partial charge in [-0.05, 0) is 85.5 Å². The molecule has 8 nitrogen and oxygen atoms in total. The third-order valence-corrected chi connectivity index (χ3v) is 6.39. The van der Waals surface area contributed by atoms with Crippen molar-refractivity contribution in [2.24, 2.45) is 5.10 Å². The van der Waals surface area contributed by atoms with Crippen LogP contribution in [0.3, 0.4) is 0 Å². The topological polar surface area (TPSA) is 126 Å². The minimum Gasteiger partial charge on any atom is -0.505 e. The van der Waals surface area contributed by atoms with Gasteiger partial charge in [-0.25, -0.2) is 4.79 Å². The molecule has 8 heteroatoms. The van der Waals surface area contributed by atoms with Crippen LogP contribution in [0.2, 0.25) is 0 Å². The number of nitriles is 1. The van der Waals surface area contributed by atoms with Gasteiger partial charge in [0.15, 0.2) is 0 Å². The molecule has 0 aliphatic heterocycles. The Morgan fingerprint density at radius 2 is 1.95 bits per heavy atom. The van der Waals surface area contributed by atoms with Crippen molar-refractivity contribution in [2.45, 2.75) is 20.3 Å². The number of aryl methyl sites for hydroxylation is 2. The van der Waals surface area contributed by atoms with Crippen molar-refractivity contribution < 1.29 is 19.8 Å². The van der Waals surface area contributed by atoms with E-state index in [1.54, 1.807) is 42.5 Å². The van der Waals surface area contributed by atoms with Crippen molar-refractivity contribution in [1.82, 2.24) is 0 Å². The maximum absolute atomic E-state index is 12.1. The van der Waals surface area contributed by atoms with Crippen molar-refractivity contribution in [3.8, 4) is 11.8 Å². The SMILES string of the molecule is Cc1ccc(N(C=O)c2ccc(C#N)cc2/C=N/Nc2cccc(C3=CC(C(=O)O)=CC=CC3)c2O)cc1C. The van der Waals surface area contributed by atoms with Gasteiger partial charge < -0.3 is 10.2 Å². The molecule has 1 aliphatic rings. The summed E-state index contributed by atoms with van der Waals surface area (Å²) in [7, 11) is 0. The number of benzene rings is 3. The molecule has 194 valence electrons. The van der Waals surface area contributed by atoms with E-state index in [2.05, 4.69) is 16.6 Å². The number of para-hydroxylation sites is 1. The summed E-state index contributed by atoms with van der Waals surface area (Å²) in [5, 5.41) is 34.0. The van der Waals surface area contributed by atoms with E-state index in [4.69, 9.17) is 0 Å². The number of carboxylic acids is 1. The molecule has 0 radical (unpaired) electrons. The summed E-state index contributed by atoms with van der Waals surface area (Å²) in [4.78, 5) is 25.1. The lowest BCUT2D eigenvalue weighted by Crippen LogP contribution is -2.16. The van der Waals surface area contributed by atoms with E-state index in [9.17, 15) is 25.1 Å². The second-order valence-electron chi connectivity index (χ2n) is 8.93.